The highest BCUT2D eigenvalue weighted by molar-refractivity contribution is 6.63. The van der Waals surface area contributed by atoms with E-state index in [1.165, 1.54) is 19.1 Å². The van der Waals surface area contributed by atoms with E-state index >= 15 is 0 Å². The molecule has 8 heteroatoms. The molecular weight excluding hydrogens is 324 g/mol. The van der Waals surface area contributed by atoms with E-state index in [4.69, 9.17) is 14.0 Å². The summed E-state index contributed by atoms with van der Waals surface area (Å²) in [6.45, 7) is 8.63. The summed E-state index contributed by atoms with van der Waals surface area (Å²) in [6, 6.07) is 3.47. The van der Waals surface area contributed by atoms with Crippen molar-refractivity contribution < 1.29 is 32.0 Å². The Kier molecular flexibility index (Phi) is 4.76. The first-order chi connectivity index (χ1) is 10.9. The molecule has 1 saturated heterocycles. The van der Waals surface area contributed by atoms with Gasteiger partial charge in [0.1, 0.15) is 0 Å². The summed E-state index contributed by atoms with van der Waals surface area (Å²) in [4.78, 5) is 12.2. The van der Waals surface area contributed by atoms with Crippen LogP contribution in [0.25, 0.3) is 0 Å². The molecule has 1 aliphatic rings. The summed E-state index contributed by atoms with van der Waals surface area (Å²) in [6.07, 6.45) is -4.69. The molecule has 1 fully saturated rings. The molecule has 0 bridgehead atoms. The average molecular weight is 344 g/mol. The van der Waals surface area contributed by atoms with E-state index in [0.29, 0.717) is 0 Å². The Morgan fingerprint density at radius 3 is 2.17 bits per heavy atom. The van der Waals surface area contributed by atoms with E-state index in [9.17, 15) is 18.0 Å². The second-order valence-corrected chi connectivity index (χ2v) is 6.58. The fourth-order valence-corrected chi connectivity index (χ4v) is 2.40. The minimum atomic E-state index is -4.69. The van der Waals surface area contributed by atoms with Crippen LogP contribution in [0.5, 0.6) is 0 Å². The highest BCUT2D eigenvalue weighted by Crippen LogP contribution is 2.38. The molecule has 0 saturated carbocycles. The Morgan fingerprint density at radius 1 is 1.17 bits per heavy atom. The zero-order valence-corrected chi connectivity index (χ0v) is 14.3. The maximum atomic E-state index is 13.3. The Balaban J connectivity index is 2.57. The molecule has 0 spiro atoms. The first-order valence-electron chi connectivity index (χ1n) is 7.63. The van der Waals surface area contributed by atoms with Crippen LogP contribution in [0.3, 0.4) is 0 Å². The molecule has 0 unspecified atom stereocenters. The average Bonchev–Trinajstić information content (AvgIpc) is 2.66. The molecule has 0 N–H and O–H groups in total. The van der Waals surface area contributed by atoms with Gasteiger partial charge >= 0.3 is 19.3 Å². The van der Waals surface area contributed by atoms with Crippen molar-refractivity contribution >= 4 is 18.6 Å². The molecule has 0 aliphatic carbocycles. The predicted molar refractivity (Wildman–Crippen MR) is 83.1 cm³/mol. The molecular formula is C16H20BF3O4. The van der Waals surface area contributed by atoms with Crippen LogP contribution >= 0.6 is 0 Å². The fraction of sp³-hybridized carbons (Fsp3) is 0.562. The number of hydrogen-bond donors (Lipinski definition) is 0. The lowest BCUT2D eigenvalue weighted by Gasteiger charge is -2.32. The molecule has 0 radical (unpaired) electrons. The quantitative estimate of drug-likeness (QED) is 0.624. The molecule has 2 rings (SSSR count). The Morgan fingerprint density at radius 2 is 1.71 bits per heavy atom. The molecule has 1 aliphatic heterocycles. The second-order valence-electron chi connectivity index (χ2n) is 6.58. The Bertz CT molecular complexity index is 625. The monoisotopic (exact) mass is 344 g/mol. The second kappa shape index (κ2) is 6.08. The summed E-state index contributed by atoms with van der Waals surface area (Å²) in [7, 11) is -1.09. The van der Waals surface area contributed by atoms with E-state index in [1.807, 2.05) is 0 Å². The Labute approximate surface area is 139 Å². The lowest BCUT2D eigenvalue weighted by molar-refractivity contribution is -0.138. The van der Waals surface area contributed by atoms with Crippen LogP contribution in [0.4, 0.5) is 13.2 Å². The maximum Gasteiger partial charge on any atom is 0.495 e. The Hall–Kier alpha value is -1.54. The van der Waals surface area contributed by atoms with E-state index in [0.717, 1.165) is 6.07 Å². The van der Waals surface area contributed by atoms with Crippen molar-refractivity contribution in [2.24, 2.45) is 0 Å². The largest absolute Gasteiger partial charge is 0.495 e. The van der Waals surface area contributed by atoms with Crippen molar-refractivity contribution in [1.82, 2.24) is 0 Å². The van der Waals surface area contributed by atoms with E-state index < -0.39 is 41.6 Å². The van der Waals surface area contributed by atoms with Crippen LogP contribution in [-0.2, 0) is 20.2 Å². The summed E-state index contributed by atoms with van der Waals surface area (Å²) in [5.74, 6) is -1.05. The van der Waals surface area contributed by atoms with Gasteiger partial charge in [-0.1, -0.05) is 12.1 Å². The molecule has 4 nitrogen and oxygen atoms in total. The molecule has 1 aromatic carbocycles. The summed E-state index contributed by atoms with van der Waals surface area (Å²) < 4.78 is 56.4. The van der Waals surface area contributed by atoms with Gasteiger partial charge in [-0.2, -0.15) is 13.2 Å². The van der Waals surface area contributed by atoms with Crippen LogP contribution < -0.4 is 5.46 Å². The summed E-state index contributed by atoms with van der Waals surface area (Å²) in [5.41, 5.74) is -3.09. The minimum Gasteiger partial charge on any atom is -0.462 e. The minimum absolute atomic E-state index is 0.0157. The summed E-state index contributed by atoms with van der Waals surface area (Å²) in [5, 5.41) is 0. The number of rotatable bonds is 3. The van der Waals surface area contributed by atoms with Gasteiger partial charge in [0.2, 0.25) is 0 Å². The van der Waals surface area contributed by atoms with E-state index in [1.54, 1.807) is 27.7 Å². The maximum absolute atomic E-state index is 13.3. The van der Waals surface area contributed by atoms with Gasteiger partial charge < -0.3 is 14.0 Å². The van der Waals surface area contributed by atoms with E-state index in [2.05, 4.69) is 0 Å². The molecule has 132 valence electrons. The zero-order valence-electron chi connectivity index (χ0n) is 14.3. The standard InChI is InChI=1S/C16H20BF3O4/c1-6-22-13(21)12-10(16(18,19)20)8-7-9-11(12)17-23-14(2,3)15(4,5)24-17/h7-9H,6H2,1-5H3. The van der Waals surface area contributed by atoms with Crippen molar-refractivity contribution in [3.05, 3.63) is 29.3 Å². The van der Waals surface area contributed by atoms with Crippen molar-refractivity contribution in [1.29, 1.82) is 0 Å². The van der Waals surface area contributed by atoms with Crippen molar-refractivity contribution in [3.63, 3.8) is 0 Å². The van der Waals surface area contributed by atoms with Gasteiger partial charge in [0.25, 0.3) is 0 Å². The van der Waals surface area contributed by atoms with Crippen molar-refractivity contribution in [3.8, 4) is 0 Å². The van der Waals surface area contributed by atoms with Crippen LogP contribution in [-0.4, -0.2) is 30.9 Å². The number of carbonyl (C=O) groups is 1. The predicted octanol–water partition coefficient (Wildman–Crippen LogP) is 3.18. The third-order valence-corrected chi connectivity index (χ3v) is 4.39. The highest BCUT2D eigenvalue weighted by Gasteiger charge is 2.53. The number of benzene rings is 1. The third kappa shape index (κ3) is 3.30. The van der Waals surface area contributed by atoms with Crippen molar-refractivity contribution in [2.75, 3.05) is 6.61 Å². The van der Waals surface area contributed by atoms with Crippen LogP contribution in [0.1, 0.15) is 50.5 Å². The molecule has 24 heavy (non-hydrogen) atoms. The van der Waals surface area contributed by atoms with Crippen molar-refractivity contribution in [2.45, 2.75) is 52.0 Å². The smallest absolute Gasteiger partial charge is 0.462 e. The van der Waals surface area contributed by atoms with Crippen LogP contribution in [0.2, 0.25) is 0 Å². The fourth-order valence-electron chi connectivity index (χ4n) is 2.40. The highest BCUT2D eigenvalue weighted by atomic mass is 19.4. The number of carbonyl (C=O) groups excluding carboxylic acids is 1. The van der Waals surface area contributed by atoms with Crippen LogP contribution in [0.15, 0.2) is 18.2 Å². The molecule has 1 aromatic rings. The first-order valence-corrected chi connectivity index (χ1v) is 7.63. The number of alkyl halides is 3. The summed E-state index contributed by atoms with van der Waals surface area (Å²) >= 11 is 0. The number of halogens is 3. The topological polar surface area (TPSA) is 44.8 Å². The van der Waals surface area contributed by atoms with Gasteiger partial charge in [0.05, 0.1) is 28.9 Å². The number of ether oxygens (including phenoxy) is 1. The number of esters is 1. The van der Waals surface area contributed by atoms with Gasteiger partial charge in [-0.05, 0) is 46.1 Å². The van der Waals surface area contributed by atoms with Crippen LogP contribution in [0, 0.1) is 0 Å². The van der Waals surface area contributed by atoms with Gasteiger partial charge in [0.15, 0.2) is 0 Å². The van der Waals surface area contributed by atoms with Gasteiger partial charge in [-0.15, -0.1) is 0 Å². The molecule has 0 atom stereocenters. The number of hydrogen-bond acceptors (Lipinski definition) is 4. The normalized spacial score (nSPS) is 19.4. The molecule has 1 heterocycles. The lowest BCUT2D eigenvalue weighted by Crippen LogP contribution is -2.41. The van der Waals surface area contributed by atoms with Gasteiger partial charge in [0, 0.05) is 0 Å². The zero-order chi connectivity index (χ0) is 18.3. The van der Waals surface area contributed by atoms with Gasteiger partial charge in [-0.25, -0.2) is 4.79 Å². The van der Waals surface area contributed by atoms with Gasteiger partial charge in [-0.3, -0.25) is 0 Å². The molecule has 0 aromatic heterocycles. The van der Waals surface area contributed by atoms with E-state index in [-0.39, 0.29) is 12.1 Å². The third-order valence-electron chi connectivity index (χ3n) is 4.39. The SMILES string of the molecule is CCOC(=O)c1c(B2OC(C)(C)C(C)(C)O2)cccc1C(F)(F)F. The molecule has 0 amide bonds. The lowest BCUT2D eigenvalue weighted by atomic mass is 9.74. The first kappa shape index (κ1) is 18.8.